The van der Waals surface area contributed by atoms with E-state index in [1.54, 1.807) is 11.9 Å². The zero-order chi connectivity index (χ0) is 15.7. The molecule has 2 aliphatic heterocycles. The molecule has 3 rings (SSSR count). The normalized spacial score (nSPS) is 24.1. The van der Waals surface area contributed by atoms with Gasteiger partial charge in [0.2, 0.25) is 0 Å². The van der Waals surface area contributed by atoms with Crippen LogP contribution in [-0.4, -0.2) is 53.5 Å². The third kappa shape index (κ3) is 2.49. The number of nitrogens with two attached hydrogens (primary N) is 1. The Morgan fingerprint density at radius 1 is 1.27 bits per heavy atom. The van der Waals surface area contributed by atoms with E-state index in [0.29, 0.717) is 12.5 Å². The van der Waals surface area contributed by atoms with Crippen LogP contribution in [0.3, 0.4) is 0 Å². The number of nitrogens with one attached hydrogen (secondary N) is 1. The number of amides is 3. The molecule has 116 valence electrons. The number of fused-ring (bicyclic) bond motifs is 1. The van der Waals surface area contributed by atoms with Crippen LogP contribution in [0.15, 0.2) is 35.3 Å². The molecule has 1 fully saturated rings. The molecular weight excluding hydrogens is 282 g/mol. The topological polar surface area (TPSA) is 91.0 Å². The number of benzene rings is 1. The average molecular weight is 301 g/mol. The molecular formula is C15H19N5O2. The van der Waals surface area contributed by atoms with E-state index >= 15 is 0 Å². The Bertz CT molecular complexity index is 616. The Morgan fingerprint density at radius 3 is 2.73 bits per heavy atom. The minimum absolute atomic E-state index is 0.319. The van der Waals surface area contributed by atoms with E-state index in [9.17, 15) is 9.59 Å². The number of rotatable bonds is 4. The molecule has 7 heteroatoms. The summed E-state index contributed by atoms with van der Waals surface area (Å²) in [6, 6.07) is 9.18. The van der Waals surface area contributed by atoms with Gasteiger partial charge < -0.3 is 15.5 Å². The molecule has 0 aromatic heterocycles. The van der Waals surface area contributed by atoms with E-state index in [4.69, 9.17) is 5.73 Å². The quantitative estimate of drug-likeness (QED) is 0.827. The number of likely N-dealkylation sites (N-methyl/N-ethyl adjacent to an activating group) is 1. The van der Waals surface area contributed by atoms with E-state index in [2.05, 4.69) is 22.4 Å². The molecule has 0 radical (unpaired) electrons. The van der Waals surface area contributed by atoms with Gasteiger partial charge >= 0.3 is 6.03 Å². The molecule has 0 saturated carbocycles. The Labute approximate surface area is 128 Å². The van der Waals surface area contributed by atoms with Crippen molar-refractivity contribution in [1.29, 1.82) is 0 Å². The van der Waals surface area contributed by atoms with Gasteiger partial charge in [0.25, 0.3) is 5.91 Å². The highest BCUT2D eigenvalue weighted by Gasteiger charge is 2.47. The molecule has 7 nitrogen and oxygen atoms in total. The number of aliphatic imine (C=N–C) groups is 1. The van der Waals surface area contributed by atoms with Crippen LogP contribution >= 0.6 is 0 Å². The van der Waals surface area contributed by atoms with Crippen molar-refractivity contribution in [2.45, 2.75) is 25.0 Å². The lowest BCUT2D eigenvalue weighted by Gasteiger charge is -2.35. The Kier molecular flexibility index (Phi) is 3.70. The highest BCUT2D eigenvalue weighted by Crippen LogP contribution is 2.22. The van der Waals surface area contributed by atoms with Gasteiger partial charge in [-0.15, -0.1) is 0 Å². The van der Waals surface area contributed by atoms with Crippen LogP contribution in [0.25, 0.3) is 0 Å². The predicted molar refractivity (Wildman–Crippen MR) is 82.0 cm³/mol. The minimum Gasteiger partial charge on any atom is -0.370 e. The van der Waals surface area contributed by atoms with Gasteiger partial charge in [0.15, 0.2) is 18.2 Å². The summed E-state index contributed by atoms with van der Waals surface area (Å²) in [6.07, 6.45) is 1.23. The highest BCUT2D eigenvalue weighted by molar-refractivity contribution is 6.03. The van der Waals surface area contributed by atoms with Gasteiger partial charge in [0.1, 0.15) is 0 Å². The SMILES string of the molecule is CN1C(=O)NC(=O)C2C1N=C(N)N2CCCc1ccccc1. The fraction of sp³-hybridized carbons (Fsp3) is 0.400. The maximum absolute atomic E-state index is 12.1. The number of imide groups is 1. The summed E-state index contributed by atoms with van der Waals surface area (Å²) in [5, 5.41) is 2.34. The van der Waals surface area contributed by atoms with Crippen molar-refractivity contribution in [1.82, 2.24) is 15.1 Å². The van der Waals surface area contributed by atoms with Crippen LogP contribution in [0.5, 0.6) is 0 Å². The zero-order valence-electron chi connectivity index (χ0n) is 12.4. The van der Waals surface area contributed by atoms with Crippen molar-refractivity contribution < 1.29 is 9.59 Å². The number of hydrogen-bond acceptors (Lipinski definition) is 5. The van der Waals surface area contributed by atoms with Crippen LogP contribution in [0.1, 0.15) is 12.0 Å². The minimum atomic E-state index is -0.530. The van der Waals surface area contributed by atoms with Gasteiger partial charge in [-0.05, 0) is 18.4 Å². The molecule has 0 bridgehead atoms. The van der Waals surface area contributed by atoms with Crippen LogP contribution in [0, 0.1) is 0 Å². The number of aryl methyl sites for hydroxylation is 1. The summed E-state index contributed by atoms with van der Waals surface area (Å²) in [7, 11) is 1.61. The Balaban J connectivity index is 1.65. The van der Waals surface area contributed by atoms with Crippen molar-refractivity contribution >= 4 is 17.9 Å². The second-order valence-corrected chi connectivity index (χ2v) is 5.53. The molecule has 0 spiro atoms. The first kappa shape index (κ1) is 14.4. The number of hydrogen-bond donors (Lipinski definition) is 2. The maximum Gasteiger partial charge on any atom is 0.325 e. The van der Waals surface area contributed by atoms with Crippen LogP contribution in [-0.2, 0) is 11.2 Å². The standard InChI is InChI=1S/C15H19N5O2/c1-19-12-11(13(21)18-15(19)22)20(14(16)17-12)9-5-8-10-6-3-2-4-7-10/h2-4,6-7,11-12H,5,8-9H2,1H3,(H2,16,17)(H,18,21,22). The lowest BCUT2D eigenvalue weighted by molar-refractivity contribution is -0.127. The summed E-state index contributed by atoms with van der Waals surface area (Å²) in [6.45, 7) is 0.626. The predicted octanol–water partition coefficient (Wildman–Crippen LogP) is 0.126. The number of guanidine groups is 1. The largest absolute Gasteiger partial charge is 0.370 e. The summed E-state index contributed by atoms with van der Waals surface area (Å²) in [4.78, 5) is 31.2. The van der Waals surface area contributed by atoms with Gasteiger partial charge in [0.05, 0.1) is 0 Å². The third-order valence-electron chi connectivity index (χ3n) is 4.10. The van der Waals surface area contributed by atoms with Crippen molar-refractivity contribution in [3.05, 3.63) is 35.9 Å². The van der Waals surface area contributed by atoms with Gasteiger partial charge in [-0.25, -0.2) is 9.79 Å². The highest BCUT2D eigenvalue weighted by atomic mass is 16.2. The number of carbonyl (C=O) groups excluding carboxylic acids is 2. The van der Waals surface area contributed by atoms with E-state index < -0.39 is 18.2 Å². The van der Waals surface area contributed by atoms with Crippen LogP contribution < -0.4 is 11.1 Å². The fourth-order valence-corrected chi connectivity index (χ4v) is 2.90. The molecule has 1 aromatic carbocycles. The average Bonchev–Trinajstić information content (AvgIpc) is 2.84. The summed E-state index contributed by atoms with van der Waals surface area (Å²) in [5.41, 5.74) is 7.19. The van der Waals surface area contributed by atoms with E-state index in [1.807, 2.05) is 18.2 Å². The van der Waals surface area contributed by atoms with Crippen molar-refractivity contribution in [3.63, 3.8) is 0 Å². The number of nitrogens with zero attached hydrogens (tertiary/aromatic N) is 3. The summed E-state index contributed by atoms with van der Waals surface area (Å²) < 4.78 is 0. The Morgan fingerprint density at radius 2 is 2.00 bits per heavy atom. The van der Waals surface area contributed by atoms with E-state index in [-0.39, 0.29) is 5.91 Å². The van der Waals surface area contributed by atoms with E-state index in [0.717, 1.165) is 12.8 Å². The van der Waals surface area contributed by atoms with Crippen molar-refractivity contribution in [2.75, 3.05) is 13.6 Å². The van der Waals surface area contributed by atoms with Crippen LogP contribution in [0.4, 0.5) is 4.79 Å². The lowest BCUT2D eigenvalue weighted by atomic mass is 10.1. The van der Waals surface area contributed by atoms with Gasteiger partial charge in [-0.3, -0.25) is 10.1 Å². The molecule has 1 saturated heterocycles. The molecule has 22 heavy (non-hydrogen) atoms. The second kappa shape index (κ2) is 5.67. The monoisotopic (exact) mass is 301 g/mol. The molecule has 0 aliphatic carbocycles. The molecule has 2 unspecified atom stereocenters. The zero-order valence-corrected chi connectivity index (χ0v) is 12.4. The number of urea groups is 1. The van der Waals surface area contributed by atoms with Gasteiger partial charge in [-0.1, -0.05) is 30.3 Å². The molecule has 2 atom stereocenters. The van der Waals surface area contributed by atoms with Crippen molar-refractivity contribution in [3.8, 4) is 0 Å². The Hall–Kier alpha value is -2.57. The molecule has 2 aliphatic rings. The lowest BCUT2D eigenvalue weighted by Crippen LogP contribution is -2.64. The number of carbonyl (C=O) groups is 2. The maximum atomic E-state index is 12.1. The smallest absolute Gasteiger partial charge is 0.325 e. The van der Waals surface area contributed by atoms with E-state index in [1.165, 1.54) is 10.5 Å². The summed E-state index contributed by atoms with van der Waals surface area (Å²) in [5.74, 6) is -0.0169. The van der Waals surface area contributed by atoms with Gasteiger partial charge in [0, 0.05) is 13.6 Å². The van der Waals surface area contributed by atoms with Crippen LogP contribution in [0.2, 0.25) is 0 Å². The molecule has 3 N–H and O–H groups in total. The third-order valence-corrected chi connectivity index (χ3v) is 4.10. The second-order valence-electron chi connectivity index (χ2n) is 5.53. The first-order valence-corrected chi connectivity index (χ1v) is 7.29. The summed E-state index contributed by atoms with van der Waals surface area (Å²) >= 11 is 0. The first-order chi connectivity index (χ1) is 10.6. The molecule has 3 amide bonds. The first-order valence-electron chi connectivity index (χ1n) is 7.29. The van der Waals surface area contributed by atoms with Crippen molar-refractivity contribution in [2.24, 2.45) is 10.7 Å². The molecule has 2 heterocycles. The fourth-order valence-electron chi connectivity index (χ4n) is 2.90. The van der Waals surface area contributed by atoms with Gasteiger partial charge in [-0.2, -0.15) is 0 Å². The molecule has 1 aromatic rings.